The lowest BCUT2D eigenvalue weighted by Crippen LogP contribution is -2.11. The van der Waals surface area contributed by atoms with Gasteiger partial charge in [0.15, 0.2) is 27.1 Å². The van der Waals surface area contributed by atoms with Crippen molar-refractivity contribution in [3.63, 3.8) is 0 Å². The maximum absolute atomic E-state index is 11.4. The first-order valence-electron chi connectivity index (χ1n) is 18.8. The molecule has 0 spiro atoms. The third-order valence-corrected chi connectivity index (χ3v) is 8.28. The molecule has 56 heavy (non-hydrogen) atoms. The molecule has 0 aromatic carbocycles. The highest BCUT2D eigenvalue weighted by Gasteiger charge is 2.11. The number of aliphatic hydroxyl groups is 1. The van der Waals surface area contributed by atoms with E-state index < -0.39 is 0 Å². The Labute approximate surface area is 329 Å². The van der Waals surface area contributed by atoms with Crippen LogP contribution in [0.2, 0.25) is 0 Å². The highest BCUT2D eigenvalue weighted by molar-refractivity contribution is 5.21. The Kier molecular flexibility index (Phi) is 21.1. The Hall–Kier alpha value is -5.29. The van der Waals surface area contributed by atoms with E-state index in [0.717, 1.165) is 40.2 Å². The van der Waals surface area contributed by atoms with Gasteiger partial charge in [-0.15, -0.1) is 0 Å². The SMILES string of the molecule is CC(C)c1coc(CO)cc1=O.CC(C)c1coccc1=O.CCc1occc(=O)c1C(C)C.Cc1cc(=O)c(C(C)C)co1.Cc1occc(=O)c1C(C)C. The number of aryl methyl sites for hydroxylation is 3. The van der Waals surface area contributed by atoms with Crippen LogP contribution in [0.1, 0.15) is 157 Å². The molecule has 0 saturated heterocycles. The molecule has 0 aliphatic heterocycles. The molecule has 5 heterocycles. The summed E-state index contributed by atoms with van der Waals surface area (Å²) in [4.78, 5) is 56.1. The van der Waals surface area contributed by atoms with Crippen molar-refractivity contribution in [1.29, 1.82) is 0 Å². The van der Waals surface area contributed by atoms with Gasteiger partial charge in [-0.25, -0.2) is 0 Å². The molecule has 0 unspecified atom stereocenters. The molecule has 0 amide bonds. The molecule has 0 fully saturated rings. The van der Waals surface area contributed by atoms with Gasteiger partial charge in [-0.3, -0.25) is 24.0 Å². The van der Waals surface area contributed by atoms with Gasteiger partial charge in [0.2, 0.25) is 0 Å². The molecule has 0 aliphatic carbocycles. The third kappa shape index (κ3) is 15.8. The number of hydrogen-bond donors (Lipinski definition) is 1. The minimum Gasteiger partial charge on any atom is -0.472 e. The molecule has 0 aliphatic rings. The van der Waals surface area contributed by atoms with Crippen LogP contribution in [0.4, 0.5) is 0 Å². The quantitative estimate of drug-likeness (QED) is 0.167. The summed E-state index contributed by atoms with van der Waals surface area (Å²) >= 11 is 0. The molecule has 0 radical (unpaired) electrons. The van der Waals surface area contributed by atoms with Crippen LogP contribution in [0.3, 0.4) is 0 Å². The summed E-state index contributed by atoms with van der Waals surface area (Å²) in [6, 6.07) is 7.23. The summed E-state index contributed by atoms with van der Waals surface area (Å²) in [6.07, 6.45) is 9.54. The molecule has 11 heteroatoms. The second-order valence-electron chi connectivity index (χ2n) is 14.5. The van der Waals surface area contributed by atoms with Gasteiger partial charge in [-0.05, 0) is 43.4 Å². The standard InChI is InChI=1S/C10H14O2.C9H12O3.2C9H12O2.C8H10O2/c1-4-9-10(7(2)3)8(11)5-6-12-9;1-6(2)8-5-12-7(4-10)3-9(8)11;1-6(2)8-5-11-7(3)4-9(8)10;1-6(2)9-7(3)11-5-4-8(9)10;1-6(2)7-5-10-4-3-8(7)9/h5-7H,4H2,1-3H3;3,5-6,10H,4H2,1-2H3;2*4-6H,1-3H3;3-6H,1-2H3. The van der Waals surface area contributed by atoms with Gasteiger partial charge in [-0.2, -0.15) is 0 Å². The van der Waals surface area contributed by atoms with Crippen LogP contribution in [0.25, 0.3) is 0 Å². The van der Waals surface area contributed by atoms with Gasteiger partial charge in [0.25, 0.3) is 0 Å². The van der Waals surface area contributed by atoms with E-state index in [0.29, 0.717) is 17.1 Å². The summed E-state index contributed by atoms with van der Waals surface area (Å²) in [7, 11) is 0. The molecule has 1 N–H and O–H groups in total. The van der Waals surface area contributed by atoms with E-state index in [4.69, 9.17) is 27.2 Å². The summed E-state index contributed by atoms with van der Waals surface area (Å²) < 4.78 is 25.3. The smallest absolute Gasteiger partial charge is 0.188 e. The molecule has 5 aromatic heterocycles. The van der Waals surface area contributed by atoms with E-state index in [1.807, 2.05) is 83.1 Å². The van der Waals surface area contributed by atoms with Gasteiger partial charge >= 0.3 is 0 Å². The van der Waals surface area contributed by atoms with E-state index in [-0.39, 0.29) is 63.3 Å². The summed E-state index contributed by atoms with van der Waals surface area (Å²) in [6.45, 7) is 25.0. The number of hydrogen-bond acceptors (Lipinski definition) is 11. The first-order chi connectivity index (χ1) is 26.3. The van der Waals surface area contributed by atoms with Crippen molar-refractivity contribution >= 4 is 0 Å². The topological polar surface area (TPSA) is 171 Å². The second-order valence-corrected chi connectivity index (χ2v) is 14.5. The Morgan fingerprint density at radius 3 is 1.36 bits per heavy atom. The highest BCUT2D eigenvalue weighted by Crippen LogP contribution is 2.16. The first kappa shape index (κ1) is 48.7. The van der Waals surface area contributed by atoms with Crippen molar-refractivity contribution in [2.24, 2.45) is 0 Å². The van der Waals surface area contributed by atoms with Crippen LogP contribution in [0.15, 0.2) is 114 Å². The van der Waals surface area contributed by atoms with Crippen molar-refractivity contribution in [2.75, 3.05) is 0 Å². The van der Waals surface area contributed by atoms with Gasteiger partial charge in [0, 0.05) is 64.6 Å². The zero-order chi connectivity index (χ0) is 42.7. The molecule has 0 saturated carbocycles. The summed E-state index contributed by atoms with van der Waals surface area (Å²) in [5.74, 6) is 3.66. The van der Waals surface area contributed by atoms with E-state index in [9.17, 15) is 24.0 Å². The predicted molar refractivity (Wildman–Crippen MR) is 220 cm³/mol. The fourth-order valence-corrected chi connectivity index (χ4v) is 5.25. The van der Waals surface area contributed by atoms with E-state index in [1.54, 1.807) is 13.2 Å². The largest absolute Gasteiger partial charge is 0.472 e. The fourth-order valence-electron chi connectivity index (χ4n) is 5.25. The average Bonchev–Trinajstić information content (AvgIpc) is 3.12. The molecule has 11 nitrogen and oxygen atoms in total. The molecule has 306 valence electrons. The van der Waals surface area contributed by atoms with Crippen LogP contribution in [-0.4, -0.2) is 5.11 Å². The normalized spacial score (nSPS) is 10.6. The van der Waals surface area contributed by atoms with Crippen LogP contribution >= 0.6 is 0 Å². The Bertz CT molecular complexity index is 2200. The minimum atomic E-state index is -0.229. The Morgan fingerprint density at radius 2 is 0.982 bits per heavy atom. The molecule has 0 bridgehead atoms. The highest BCUT2D eigenvalue weighted by atomic mass is 16.4. The van der Waals surface area contributed by atoms with Gasteiger partial charge in [-0.1, -0.05) is 76.2 Å². The fraction of sp³-hybridized carbons (Fsp3) is 0.444. The maximum atomic E-state index is 11.4. The minimum absolute atomic E-state index is 0.0567. The lowest BCUT2D eigenvalue weighted by Gasteiger charge is -2.07. The number of rotatable bonds is 7. The summed E-state index contributed by atoms with van der Waals surface area (Å²) in [5, 5.41) is 8.66. The van der Waals surface area contributed by atoms with Crippen molar-refractivity contribution in [2.45, 2.75) is 133 Å². The molecule has 0 atom stereocenters. The molecular weight excluding hydrogens is 716 g/mol. The van der Waals surface area contributed by atoms with Crippen LogP contribution in [-0.2, 0) is 13.0 Å². The lowest BCUT2D eigenvalue weighted by atomic mass is 10.0. The Balaban J connectivity index is 0.000000350. The first-order valence-corrected chi connectivity index (χ1v) is 18.8. The molecule has 5 aromatic rings. The monoisotopic (exact) mass is 776 g/mol. The van der Waals surface area contributed by atoms with Gasteiger partial charge in [0.1, 0.15) is 29.6 Å². The van der Waals surface area contributed by atoms with Crippen molar-refractivity contribution in [1.82, 2.24) is 0 Å². The zero-order valence-electron chi connectivity index (χ0n) is 35.2. The van der Waals surface area contributed by atoms with Gasteiger partial charge in [0.05, 0.1) is 37.6 Å². The molecule has 5 rings (SSSR count). The maximum Gasteiger partial charge on any atom is 0.188 e. The average molecular weight is 777 g/mol. The van der Waals surface area contributed by atoms with E-state index >= 15 is 0 Å². The number of aliphatic hydroxyl groups excluding tert-OH is 1. The second kappa shape index (κ2) is 24.3. The summed E-state index contributed by atoms with van der Waals surface area (Å²) in [5.41, 5.74) is 3.96. The lowest BCUT2D eigenvalue weighted by molar-refractivity contribution is 0.243. The third-order valence-electron chi connectivity index (χ3n) is 8.28. The van der Waals surface area contributed by atoms with E-state index in [2.05, 4.69) is 0 Å². The van der Waals surface area contributed by atoms with Crippen molar-refractivity contribution in [3.8, 4) is 0 Å². The van der Waals surface area contributed by atoms with Gasteiger partial charge < -0.3 is 27.2 Å². The zero-order valence-corrected chi connectivity index (χ0v) is 35.2. The molecular formula is C45H60O11. The van der Waals surface area contributed by atoms with Crippen molar-refractivity contribution in [3.05, 3.63) is 170 Å². The predicted octanol–water partition coefficient (Wildman–Crippen LogP) is 9.49. The Morgan fingerprint density at radius 1 is 0.518 bits per heavy atom. The van der Waals surface area contributed by atoms with E-state index in [1.165, 1.54) is 61.6 Å². The van der Waals surface area contributed by atoms with Crippen LogP contribution in [0.5, 0.6) is 0 Å². The van der Waals surface area contributed by atoms with Crippen molar-refractivity contribution < 1.29 is 27.2 Å². The van der Waals surface area contributed by atoms with Crippen LogP contribution in [0, 0.1) is 13.8 Å². The van der Waals surface area contributed by atoms with Crippen LogP contribution < -0.4 is 27.1 Å².